The van der Waals surface area contributed by atoms with Gasteiger partial charge in [0.15, 0.2) is 35.3 Å². The van der Waals surface area contributed by atoms with Crippen LogP contribution in [0.15, 0.2) is 133 Å². The van der Waals surface area contributed by atoms with Crippen molar-refractivity contribution in [3.8, 4) is 17.2 Å². The summed E-state index contributed by atoms with van der Waals surface area (Å²) in [6.45, 7) is 18.6. The molecular weight excluding hydrogens is 1660 g/mol. The number of amidine groups is 2. The zero-order valence-corrected chi connectivity index (χ0v) is 80.5. The fourth-order valence-electron chi connectivity index (χ4n) is 17.2. The molecule has 23 nitrogen and oxygen atoms in total. The first-order valence-corrected chi connectivity index (χ1v) is 51.9. The van der Waals surface area contributed by atoms with Crippen molar-refractivity contribution in [1.29, 1.82) is 0 Å². The van der Waals surface area contributed by atoms with Crippen LogP contribution in [0.5, 0.6) is 17.2 Å². The molecule has 0 spiro atoms. The number of rotatable bonds is 59. The minimum absolute atomic E-state index is 0.0168. The number of carbonyl (C=O) groups is 5. The maximum absolute atomic E-state index is 14.9. The lowest BCUT2D eigenvalue weighted by Gasteiger charge is -2.36. The van der Waals surface area contributed by atoms with E-state index in [0.717, 1.165) is 112 Å². The van der Waals surface area contributed by atoms with E-state index < -0.39 is 67.4 Å². The largest absolute Gasteiger partial charge is 0.491 e. The summed E-state index contributed by atoms with van der Waals surface area (Å²) >= 11 is 1.52. The number of carbonyl (C=O) groups excluding carboxylic acids is 5. The molecule has 0 saturated carbocycles. The number of nitrogens with zero attached hydrogens (tertiary/aromatic N) is 7. The van der Waals surface area contributed by atoms with Crippen molar-refractivity contribution >= 4 is 96.0 Å². The Morgan fingerprint density at radius 2 is 0.898 bits per heavy atom. The SMILES string of the molecule is CCCCCCCCCCCCCCCCCCN1C(C(C(=O)Nc2cc(C)ccc2Sc2c(C)cc(C)cc2C)N2C(=O)NC(C)(C)C2=O)=Nc2ccccc2S1(=O)=O.CCCCCCCCCCCCCCCCCCN1C(C(C(=O)Nc2cc3c(cc2OCCCCCCCCCCCCCC)OCO3)n2cc(C(=O)OC)cn2)=Nc2ccccc2S1(=O)=O. The zero-order chi connectivity index (χ0) is 91.0. The predicted molar refractivity (Wildman–Crippen MR) is 512 cm³/mol. The first kappa shape index (κ1) is 102. The topological polar surface area (TPSA) is 279 Å². The summed E-state index contributed by atoms with van der Waals surface area (Å²) in [7, 11) is -7.10. The van der Waals surface area contributed by atoms with Crippen LogP contribution in [-0.4, -0.2) is 127 Å². The minimum Gasteiger partial charge on any atom is -0.491 e. The smallest absolute Gasteiger partial charge is 0.341 e. The molecule has 6 aromatic rings. The van der Waals surface area contributed by atoms with Crippen molar-refractivity contribution < 1.29 is 59.8 Å². The molecule has 5 heterocycles. The zero-order valence-electron chi connectivity index (χ0n) is 78.1. The second-order valence-corrected chi connectivity index (χ2v) is 40.3. The van der Waals surface area contributed by atoms with E-state index in [1.807, 2.05) is 25.1 Å². The molecule has 2 atom stereocenters. The first-order valence-electron chi connectivity index (χ1n) is 48.2. The minimum atomic E-state index is -4.22. The number of aromatic nitrogens is 2. The lowest BCUT2D eigenvalue weighted by molar-refractivity contribution is -0.134. The van der Waals surface area contributed by atoms with Crippen molar-refractivity contribution in [3.05, 3.63) is 131 Å². The molecule has 5 aromatic carbocycles. The molecule has 26 heteroatoms. The van der Waals surface area contributed by atoms with Crippen molar-refractivity contribution in [2.24, 2.45) is 9.98 Å². The molecule has 1 aromatic heterocycles. The summed E-state index contributed by atoms with van der Waals surface area (Å²) < 4.78 is 84.3. The van der Waals surface area contributed by atoms with E-state index in [1.165, 1.54) is 251 Å². The molecule has 0 bridgehead atoms. The number of aliphatic imine (C=N–C) groups is 2. The molecular formula is C101H148N10O13S3. The molecule has 127 heavy (non-hydrogen) atoms. The van der Waals surface area contributed by atoms with Crippen LogP contribution in [0.25, 0.3) is 0 Å². The fraction of sp³-hybridized carbons (Fsp3) is 0.604. The van der Waals surface area contributed by atoms with E-state index in [1.54, 1.807) is 62.4 Å². The van der Waals surface area contributed by atoms with Crippen LogP contribution in [0.1, 0.15) is 356 Å². The Kier molecular flexibility index (Phi) is 42.9. The Morgan fingerprint density at radius 3 is 1.33 bits per heavy atom. The van der Waals surface area contributed by atoms with Gasteiger partial charge < -0.3 is 34.9 Å². The second-order valence-electron chi connectivity index (χ2n) is 35.6. The Morgan fingerprint density at radius 1 is 0.496 bits per heavy atom. The number of anilines is 2. The number of methoxy groups -OCH3 is 1. The summed E-state index contributed by atoms with van der Waals surface area (Å²) in [5, 5.41) is 13.1. The van der Waals surface area contributed by atoms with Gasteiger partial charge in [0.05, 0.1) is 48.2 Å². The number of imide groups is 1. The van der Waals surface area contributed by atoms with Crippen LogP contribution in [0, 0.1) is 27.7 Å². The number of para-hydroxylation sites is 2. The third-order valence-electron chi connectivity index (χ3n) is 24.4. The summed E-state index contributed by atoms with van der Waals surface area (Å²) in [5.74, 6) is -1.57. The van der Waals surface area contributed by atoms with Crippen molar-refractivity contribution in [2.75, 3.05) is 44.2 Å². The quantitative estimate of drug-likeness (QED) is 0.0182. The summed E-state index contributed by atoms with van der Waals surface area (Å²) in [4.78, 5) is 82.6. The van der Waals surface area contributed by atoms with Gasteiger partial charge in [-0.2, -0.15) is 5.10 Å². The van der Waals surface area contributed by atoms with E-state index in [-0.39, 0.29) is 58.3 Å². The number of ether oxygens (including phenoxy) is 4. The number of sulfonamides is 2. The number of nitrogens with one attached hydrogen (secondary N) is 3. The number of esters is 1. The van der Waals surface area contributed by atoms with E-state index >= 15 is 0 Å². The molecule has 4 aliphatic heterocycles. The lowest BCUT2D eigenvalue weighted by Crippen LogP contribution is -2.59. The Hall–Kier alpha value is -8.75. The third-order valence-corrected chi connectivity index (χ3v) is 29.5. The highest BCUT2D eigenvalue weighted by atomic mass is 32.2. The number of hydrogen-bond donors (Lipinski definition) is 3. The van der Waals surface area contributed by atoms with Crippen LogP contribution in [0.2, 0.25) is 0 Å². The van der Waals surface area contributed by atoms with E-state index in [0.29, 0.717) is 48.1 Å². The maximum Gasteiger partial charge on any atom is 0.341 e. The van der Waals surface area contributed by atoms with E-state index in [4.69, 9.17) is 28.9 Å². The first-order chi connectivity index (χ1) is 61.4. The number of benzene rings is 5. The second kappa shape index (κ2) is 53.4. The Bertz CT molecular complexity index is 4770. The van der Waals surface area contributed by atoms with Gasteiger partial charge in [0.2, 0.25) is 6.79 Å². The average Bonchev–Trinajstić information content (AvgIpc) is 1.73. The average molecular weight is 1810 g/mol. The van der Waals surface area contributed by atoms with Crippen LogP contribution in [0.3, 0.4) is 0 Å². The molecule has 1 fully saturated rings. The normalized spacial score (nSPS) is 15.1. The van der Waals surface area contributed by atoms with Crippen LogP contribution in [-0.2, 0) is 39.2 Å². The lowest BCUT2D eigenvalue weighted by atomic mass is 10.0. The molecule has 5 amide bonds. The molecule has 3 N–H and O–H groups in total. The van der Waals surface area contributed by atoms with Crippen molar-refractivity contribution in [2.45, 2.75) is 382 Å². The molecule has 1 saturated heterocycles. The molecule has 4 aliphatic rings. The molecule has 10 rings (SSSR count). The Labute approximate surface area is 764 Å². The van der Waals surface area contributed by atoms with Gasteiger partial charge in [-0.05, 0) is 114 Å². The highest BCUT2D eigenvalue weighted by molar-refractivity contribution is 7.99. The standard InChI is InChI=1S/C53H81N5O8S.C48H67N5O5S2/c1-4-6-8-10-12-14-16-18-19-20-21-22-24-26-28-32-36-58-51(55-44-34-30-31-35-49(44)67(58,61)62)50(57-41-43(40-54-57)53(60)63-3)52(59)56-45-38-47-48(66-42-65-47)39-46(45)64-37-33-29-27-25-23-17-15-13-11-9-7-5-2;1-8-9-10-11-12-13-14-15-16-17-18-19-20-21-22-25-30-52-44(49-38-26-23-24-27-41(38)60(52,57)58)42(53-46(55)48(6,7)51-47(53)56)45(54)50-39-33-34(2)28-29-40(39)59-43-36(4)31-35(3)32-37(43)5/h30-31,34-35,38-41,50H,4-29,32-33,36-37,42H2,1-3H3,(H,56,59);23-24,26-29,31-33,42H,8-22,25,30H2,1-7H3,(H,50,54)(H,51,56). The van der Waals surface area contributed by atoms with E-state index in [2.05, 4.69) is 74.7 Å². The maximum atomic E-state index is 14.9. The number of amides is 5. The van der Waals surface area contributed by atoms with Gasteiger partial charge in [0.1, 0.15) is 21.1 Å². The number of urea groups is 1. The highest BCUT2D eigenvalue weighted by Crippen LogP contribution is 2.44. The molecule has 0 radical (unpaired) electrons. The summed E-state index contributed by atoms with van der Waals surface area (Å²) in [5.41, 5.74) is 4.17. The highest BCUT2D eigenvalue weighted by Gasteiger charge is 2.54. The molecule has 698 valence electrons. The fourth-order valence-corrected chi connectivity index (χ4v) is 21.5. The monoisotopic (exact) mass is 1810 g/mol. The number of fused-ring (bicyclic) bond motifs is 3. The predicted octanol–water partition coefficient (Wildman–Crippen LogP) is 25.4. The van der Waals surface area contributed by atoms with Crippen LogP contribution < -0.4 is 30.2 Å². The van der Waals surface area contributed by atoms with Crippen molar-refractivity contribution in [3.63, 3.8) is 0 Å². The number of aryl methyl sites for hydroxylation is 4. The number of unbranched alkanes of at least 4 members (excludes halogenated alkanes) is 41. The van der Waals surface area contributed by atoms with E-state index in [9.17, 15) is 40.8 Å². The van der Waals surface area contributed by atoms with Crippen LogP contribution >= 0.6 is 11.8 Å². The van der Waals surface area contributed by atoms with Crippen LogP contribution in [0.4, 0.5) is 27.5 Å². The van der Waals surface area contributed by atoms with Gasteiger partial charge in [0, 0.05) is 41.2 Å². The summed E-state index contributed by atoms with van der Waals surface area (Å²) in [6.07, 6.45) is 55.4. The van der Waals surface area contributed by atoms with Gasteiger partial charge in [-0.3, -0.25) is 27.7 Å². The van der Waals surface area contributed by atoms with Gasteiger partial charge in [-0.1, -0.05) is 344 Å². The van der Waals surface area contributed by atoms with Gasteiger partial charge in [0.25, 0.3) is 37.8 Å². The Balaban J connectivity index is 0.000000289. The van der Waals surface area contributed by atoms with Crippen molar-refractivity contribution in [1.82, 2.24) is 28.6 Å². The summed E-state index contributed by atoms with van der Waals surface area (Å²) in [6, 6.07) is 22.4. The van der Waals surface area contributed by atoms with Gasteiger partial charge in [-0.15, -0.1) is 0 Å². The third kappa shape index (κ3) is 30.7. The van der Waals surface area contributed by atoms with Gasteiger partial charge in [-0.25, -0.2) is 41.3 Å². The molecule has 2 unspecified atom stereocenters. The van der Waals surface area contributed by atoms with Gasteiger partial charge >= 0.3 is 12.0 Å². The molecule has 0 aliphatic carbocycles. The number of hydrogen-bond acceptors (Lipinski definition) is 17.